The van der Waals surface area contributed by atoms with Crippen LogP contribution in [-0.2, 0) is 10.2 Å². The van der Waals surface area contributed by atoms with Crippen molar-refractivity contribution >= 4 is 5.91 Å². The van der Waals surface area contributed by atoms with E-state index in [-0.39, 0.29) is 5.91 Å². The maximum Gasteiger partial charge on any atom is 0.236 e. The molecule has 0 radical (unpaired) electrons. The van der Waals surface area contributed by atoms with Gasteiger partial charge in [0.1, 0.15) is 5.41 Å². The average Bonchev–Trinajstić information content (AvgIpc) is 2.77. The number of nitrogens with one attached hydrogen (secondary N) is 1. The molecule has 0 atom stereocenters. The molecule has 0 spiro atoms. The minimum absolute atomic E-state index is 0.0527. The van der Waals surface area contributed by atoms with Gasteiger partial charge >= 0.3 is 0 Å². The largest absolute Gasteiger partial charge is 0.341 e. The van der Waals surface area contributed by atoms with Gasteiger partial charge in [0.2, 0.25) is 5.91 Å². The molecule has 17 heavy (non-hydrogen) atoms. The summed E-state index contributed by atoms with van der Waals surface area (Å²) in [5, 5.41) is 14.0. The molecule has 1 aliphatic rings. The molecule has 92 valence electrons. The van der Waals surface area contributed by atoms with E-state index in [1.54, 1.807) is 18.0 Å². The number of carbonyl (C=O) groups is 1. The summed E-state index contributed by atoms with van der Waals surface area (Å²) in [4.78, 5) is 14.1. The van der Waals surface area contributed by atoms with Crippen molar-refractivity contribution in [3.63, 3.8) is 0 Å². The molecule has 1 aromatic rings. The second-order valence-corrected chi connectivity index (χ2v) is 4.81. The van der Waals surface area contributed by atoms with Gasteiger partial charge in [-0.25, -0.2) is 0 Å². The van der Waals surface area contributed by atoms with Crippen LogP contribution in [-0.4, -0.2) is 45.0 Å². The number of aromatic amines is 1. The van der Waals surface area contributed by atoms with Crippen LogP contribution in [0.1, 0.15) is 25.6 Å². The van der Waals surface area contributed by atoms with Crippen LogP contribution in [0.15, 0.2) is 12.7 Å². The van der Waals surface area contributed by atoms with Crippen molar-refractivity contribution in [2.75, 3.05) is 13.6 Å². The van der Waals surface area contributed by atoms with Crippen LogP contribution >= 0.6 is 0 Å². The zero-order chi connectivity index (χ0) is 12.5. The lowest BCUT2D eigenvalue weighted by Gasteiger charge is -2.44. The maximum atomic E-state index is 12.4. The van der Waals surface area contributed by atoms with Crippen molar-refractivity contribution in [2.45, 2.75) is 25.2 Å². The average molecular weight is 235 g/mol. The fourth-order valence-electron chi connectivity index (χ4n) is 2.59. The van der Waals surface area contributed by atoms with Gasteiger partial charge in [0.05, 0.1) is 0 Å². The van der Waals surface area contributed by atoms with Crippen LogP contribution in [0.25, 0.3) is 0 Å². The predicted octanol–water partition coefficient (Wildman–Crippen LogP) is 0.512. The fourth-order valence-corrected chi connectivity index (χ4v) is 2.59. The highest BCUT2D eigenvalue weighted by Crippen LogP contribution is 2.47. The number of likely N-dealkylation sites (N-methyl/N-ethyl adjacent to an activating group) is 1. The summed E-state index contributed by atoms with van der Waals surface area (Å²) >= 11 is 0. The number of amides is 1. The van der Waals surface area contributed by atoms with E-state index in [1.165, 1.54) is 0 Å². The lowest BCUT2D eigenvalue weighted by molar-refractivity contribution is -0.141. The van der Waals surface area contributed by atoms with E-state index in [0.717, 1.165) is 12.8 Å². The molecule has 6 nitrogen and oxygen atoms in total. The quantitative estimate of drug-likeness (QED) is 0.772. The van der Waals surface area contributed by atoms with Gasteiger partial charge in [-0.15, -0.1) is 16.8 Å². The first-order chi connectivity index (χ1) is 8.10. The summed E-state index contributed by atoms with van der Waals surface area (Å²) in [6.07, 6.45) is 3.28. The van der Waals surface area contributed by atoms with Gasteiger partial charge in [-0.2, -0.15) is 5.21 Å². The number of carbonyl (C=O) groups excluding carboxylic acids is 1. The lowest BCUT2D eigenvalue weighted by atomic mass is 9.61. The van der Waals surface area contributed by atoms with Crippen LogP contribution in [0.3, 0.4) is 0 Å². The number of hydrogen-bond acceptors (Lipinski definition) is 4. The number of H-pyrrole nitrogens is 1. The zero-order valence-electron chi connectivity index (χ0n) is 10.2. The molecule has 1 aromatic heterocycles. The molecule has 6 heteroatoms. The Hall–Kier alpha value is -1.72. The van der Waals surface area contributed by atoms with Gasteiger partial charge in [-0.05, 0) is 18.8 Å². The minimum atomic E-state index is -0.579. The standard InChI is InChI=1S/C11H17N5O/c1-4-5-16(3)10(17)11(6-8(2)7-11)9-12-14-15-13-9/h4,8H,1,5-7H2,2-3H3,(H,12,13,14,15). The Kier molecular flexibility index (Phi) is 2.95. The first-order valence-corrected chi connectivity index (χ1v) is 5.70. The van der Waals surface area contributed by atoms with Crippen LogP contribution in [0.4, 0.5) is 0 Å². The third-order valence-corrected chi connectivity index (χ3v) is 3.33. The molecule has 2 rings (SSSR count). The molecular formula is C11H17N5O. The van der Waals surface area contributed by atoms with Crippen molar-refractivity contribution < 1.29 is 4.79 Å². The second kappa shape index (κ2) is 4.27. The molecule has 0 aromatic carbocycles. The first-order valence-electron chi connectivity index (χ1n) is 5.70. The summed E-state index contributed by atoms with van der Waals surface area (Å²) in [6.45, 7) is 6.30. The van der Waals surface area contributed by atoms with Gasteiger partial charge in [-0.1, -0.05) is 18.2 Å². The summed E-state index contributed by atoms with van der Waals surface area (Å²) in [5.74, 6) is 1.09. The van der Waals surface area contributed by atoms with Crippen molar-refractivity contribution in [1.82, 2.24) is 25.5 Å². The Morgan fingerprint density at radius 1 is 1.71 bits per heavy atom. The van der Waals surface area contributed by atoms with E-state index >= 15 is 0 Å². The van der Waals surface area contributed by atoms with E-state index in [1.807, 2.05) is 0 Å². The third kappa shape index (κ3) is 1.83. The maximum absolute atomic E-state index is 12.4. The second-order valence-electron chi connectivity index (χ2n) is 4.81. The Labute approximate surface area is 100 Å². The van der Waals surface area contributed by atoms with Gasteiger partial charge in [0, 0.05) is 13.6 Å². The van der Waals surface area contributed by atoms with Gasteiger partial charge < -0.3 is 4.90 Å². The van der Waals surface area contributed by atoms with E-state index in [0.29, 0.717) is 18.3 Å². The third-order valence-electron chi connectivity index (χ3n) is 3.33. The molecule has 0 unspecified atom stereocenters. The van der Waals surface area contributed by atoms with Crippen molar-refractivity contribution in [1.29, 1.82) is 0 Å². The van der Waals surface area contributed by atoms with E-state index in [2.05, 4.69) is 34.1 Å². The Balaban J connectivity index is 2.24. The Morgan fingerprint density at radius 3 is 2.88 bits per heavy atom. The van der Waals surface area contributed by atoms with E-state index in [9.17, 15) is 4.79 Å². The van der Waals surface area contributed by atoms with Crippen molar-refractivity contribution in [3.05, 3.63) is 18.5 Å². The summed E-state index contributed by atoms with van der Waals surface area (Å²) in [5.41, 5.74) is -0.579. The summed E-state index contributed by atoms with van der Waals surface area (Å²) < 4.78 is 0. The number of tetrazole rings is 1. The predicted molar refractivity (Wildman–Crippen MR) is 62.1 cm³/mol. The lowest BCUT2D eigenvalue weighted by Crippen LogP contribution is -2.53. The minimum Gasteiger partial charge on any atom is -0.341 e. The Bertz CT molecular complexity index is 408. The van der Waals surface area contributed by atoms with Crippen molar-refractivity contribution in [2.24, 2.45) is 5.92 Å². The number of nitrogens with zero attached hydrogens (tertiary/aromatic N) is 4. The number of hydrogen-bond donors (Lipinski definition) is 1. The first kappa shape index (κ1) is 11.8. The Morgan fingerprint density at radius 2 is 2.41 bits per heavy atom. The van der Waals surface area contributed by atoms with Gasteiger partial charge in [0.15, 0.2) is 5.82 Å². The number of rotatable bonds is 4. The summed E-state index contributed by atoms with van der Waals surface area (Å²) in [7, 11) is 1.77. The molecule has 0 saturated heterocycles. The molecular weight excluding hydrogens is 218 g/mol. The van der Waals surface area contributed by atoms with Crippen LogP contribution in [0.2, 0.25) is 0 Å². The SMILES string of the molecule is C=CCN(C)C(=O)C1(c2nn[nH]n2)CC(C)C1. The van der Waals surface area contributed by atoms with Gasteiger partial charge in [-0.3, -0.25) is 4.79 Å². The highest BCUT2D eigenvalue weighted by molar-refractivity contribution is 5.88. The highest BCUT2D eigenvalue weighted by Gasteiger charge is 2.53. The molecule has 0 bridgehead atoms. The van der Waals surface area contributed by atoms with Crippen molar-refractivity contribution in [3.8, 4) is 0 Å². The van der Waals surface area contributed by atoms with Crippen LogP contribution in [0.5, 0.6) is 0 Å². The van der Waals surface area contributed by atoms with Crippen LogP contribution in [0, 0.1) is 5.92 Å². The molecule has 1 N–H and O–H groups in total. The highest BCUT2D eigenvalue weighted by atomic mass is 16.2. The topological polar surface area (TPSA) is 74.8 Å². The van der Waals surface area contributed by atoms with E-state index < -0.39 is 5.41 Å². The van der Waals surface area contributed by atoms with Gasteiger partial charge in [0.25, 0.3) is 0 Å². The molecule has 1 fully saturated rings. The van der Waals surface area contributed by atoms with Crippen LogP contribution < -0.4 is 0 Å². The molecule has 0 aliphatic heterocycles. The molecule has 1 aliphatic carbocycles. The fraction of sp³-hybridized carbons (Fsp3) is 0.636. The normalized spacial score (nSPS) is 27.3. The molecule has 1 heterocycles. The summed E-state index contributed by atoms with van der Waals surface area (Å²) in [6, 6.07) is 0. The zero-order valence-corrected chi connectivity index (χ0v) is 10.2. The molecule has 1 saturated carbocycles. The monoisotopic (exact) mass is 235 g/mol. The smallest absolute Gasteiger partial charge is 0.236 e. The number of aromatic nitrogens is 4. The van der Waals surface area contributed by atoms with E-state index in [4.69, 9.17) is 0 Å². The molecule has 1 amide bonds.